The molecule has 446 valence electrons. The number of aliphatic carboxylic acids is 1. The number of amides is 2. The summed E-state index contributed by atoms with van der Waals surface area (Å²) in [4.78, 5) is 89.5. The number of nitrogens with zero attached hydrogens (tertiary/aromatic N) is 4. The van der Waals surface area contributed by atoms with E-state index in [0.29, 0.717) is 62.9 Å². The van der Waals surface area contributed by atoms with E-state index in [1.165, 1.54) is 36.3 Å². The minimum atomic E-state index is -4.84. The average Bonchev–Trinajstić information content (AvgIpc) is 3.38. The topological polar surface area (TPSA) is 248 Å². The largest absolute Gasteiger partial charge is 0.778 e. The highest BCUT2D eigenvalue weighted by atomic mass is 35.5. The lowest BCUT2D eigenvalue weighted by Crippen LogP contribution is -2.40. The molecular formula is C53H72Cl3F3N5O14PS. The van der Waals surface area contributed by atoms with Crippen molar-refractivity contribution in [2.24, 2.45) is 7.05 Å². The van der Waals surface area contributed by atoms with Crippen LogP contribution in [0.1, 0.15) is 55.6 Å². The minimum absolute atomic E-state index is 0.0371. The van der Waals surface area contributed by atoms with E-state index in [9.17, 15) is 51.4 Å². The third-order valence-corrected chi connectivity index (χ3v) is 11.3. The number of carboxylic acids is 1. The summed E-state index contributed by atoms with van der Waals surface area (Å²) in [7, 11) is -1.49. The van der Waals surface area contributed by atoms with Gasteiger partial charge in [-0.2, -0.15) is 13.2 Å². The number of rotatable bonds is 23. The molecule has 2 amide bonds. The van der Waals surface area contributed by atoms with Crippen molar-refractivity contribution in [3.8, 4) is 17.2 Å². The molecule has 0 aliphatic heterocycles. The number of para-hydroxylation sites is 1. The molecule has 1 heterocycles. The van der Waals surface area contributed by atoms with Crippen molar-refractivity contribution in [3.63, 3.8) is 0 Å². The number of carboxylic acid groups (broad SMARTS) is 1. The molecule has 3 aromatic carbocycles. The van der Waals surface area contributed by atoms with Crippen molar-refractivity contribution < 1.29 is 70.8 Å². The number of methoxy groups -OCH3 is 1. The van der Waals surface area contributed by atoms with Gasteiger partial charge >= 0.3 is 23.8 Å². The molecule has 19 nitrogen and oxygen atoms in total. The first-order valence-corrected chi connectivity index (χ1v) is 29.8. The van der Waals surface area contributed by atoms with E-state index >= 15 is 0 Å². The number of aromatic nitrogens is 2. The first kappa shape index (κ1) is 74.4. The number of anilines is 1. The molecule has 0 spiro atoms. The van der Waals surface area contributed by atoms with E-state index in [0.717, 1.165) is 42.3 Å². The molecule has 0 bridgehead atoms. The molecule has 2 atom stereocenters. The standard InChI is InChI=1S/C25H25F3N2O6.C14H20ClNO2.C8H11Cl2NO.C3H8NO5P.C3H9S/c1-5-16-6-7-17(20(12-16)36-15(2)23(32)34-4)14-35-19-10-8-18(9-11-19)30-22(31)13-21(25(26,27)28)29(3)24(30)33;1-4-12-8-6-7-11(3)14(12)16(10-18-5-2)13(17)9-15;1-3-5-11(6-4-2)8(12)7(9)10;5-3(6)1-4-2-10(7,8)9;1-4(2)3/h6-13,15H,5,14H2,1-4H3;6-8H,4-5,9-10H2,1-3H3;3-4,7H,1-2,5-6H2;4H,1-2H2,(H,5,6)(H2,7,8,9);1-3H3/q;;;;+1/p-1. The summed E-state index contributed by atoms with van der Waals surface area (Å²) in [5.41, 5.74) is 1.32. The Labute approximate surface area is 482 Å². The van der Waals surface area contributed by atoms with Crippen molar-refractivity contribution in [1.29, 1.82) is 0 Å². The van der Waals surface area contributed by atoms with E-state index in [2.05, 4.69) is 38.8 Å². The van der Waals surface area contributed by atoms with Gasteiger partial charge in [0.2, 0.25) is 5.91 Å². The maximum Gasteiger partial charge on any atom is 0.431 e. The summed E-state index contributed by atoms with van der Waals surface area (Å²) in [6.07, 6.45) is 5.05. The Morgan fingerprint density at radius 2 is 1.54 bits per heavy atom. The Morgan fingerprint density at radius 3 is 2.00 bits per heavy atom. The van der Waals surface area contributed by atoms with E-state index in [1.807, 2.05) is 62.5 Å². The van der Waals surface area contributed by atoms with Crippen LogP contribution in [-0.2, 0) is 76.8 Å². The number of esters is 1. The van der Waals surface area contributed by atoms with Crippen molar-refractivity contribution >= 4 is 82.7 Å². The number of ether oxygens (including phenoxy) is 4. The third kappa shape index (κ3) is 27.7. The Bertz CT molecular complexity index is 2770. The third-order valence-electron chi connectivity index (χ3n) is 10.1. The van der Waals surface area contributed by atoms with Gasteiger partial charge in [0.25, 0.3) is 11.5 Å². The molecule has 0 saturated carbocycles. The van der Waals surface area contributed by atoms with Crippen LogP contribution in [0.25, 0.3) is 5.69 Å². The van der Waals surface area contributed by atoms with E-state index < -0.39 is 66.4 Å². The number of hydrogen-bond donors (Lipinski definition) is 3. The normalized spacial score (nSPS) is 11.8. The van der Waals surface area contributed by atoms with Gasteiger partial charge in [-0.15, -0.1) is 24.8 Å². The monoisotopic (exact) mass is 1230 g/mol. The number of nitrogens with one attached hydrogen (secondary N) is 1. The molecule has 0 aliphatic rings. The van der Waals surface area contributed by atoms with Gasteiger partial charge in [-0.25, -0.2) is 14.2 Å². The molecule has 0 fully saturated rings. The van der Waals surface area contributed by atoms with E-state index in [-0.39, 0.29) is 36.7 Å². The first-order valence-electron chi connectivity index (χ1n) is 24.1. The maximum atomic E-state index is 13.1. The fraction of sp³-hybridized carbons (Fsp3) is 0.434. The highest BCUT2D eigenvalue weighted by Crippen LogP contribution is 2.29. The molecule has 0 saturated heterocycles. The highest BCUT2D eigenvalue weighted by molar-refractivity contribution is 7.94. The number of carbonyl (C=O) groups excluding carboxylic acids is 3. The predicted molar refractivity (Wildman–Crippen MR) is 308 cm³/mol. The van der Waals surface area contributed by atoms with Gasteiger partial charge in [-0.05, 0) is 91.5 Å². The molecule has 4 rings (SSSR count). The van der Waals surface area contributed by atoms with Crippen LogP contribution >= 0.6 is 42.4 Å². The SMILES string of the molecule is C=CCN(CC=C)C(=O)C(Cl)Cl.CCOCN(C(=O)CCl)c1c(C)cccc1CC.CCc1ccc(COc2ccc(-n3c(=O)cc(C(F)(F)F)n(C)c3=O)cc2)c(OC(C)C(=O)OC)c1.C[S+](C)C.O=C(O)CNCP(=O)([O-])O. The fourth-order valence-electron chi connectivity index (χ4n) is 6.36. The van der Waals surface area contributed by atoms with Gasteiger partial charge in [-0.1, -0.05) is 79.5 Å². The minimum Gasteiger partial charge on any atom is -0.778 e. The van der Waals surface area contributed by atoms with Crippen LogP contribution in [0, 0.1) is 6.92 Å². The van der Waals surface area contributed by atoms with Crippen LogP contribution in [0.3, 0.4) is 0 Å². The zero-order valence-electron chi connectivity index (χ0n) is 46.4. The van der Waals surface area contributed by atoms with Crippen molar-refractivity contribution in [3.05, 3.63) is 141 Å². The summed E-state index contributed by atoms with van der Waals surface area (Å²) in [6, 6.07) is 17.7. The summed E-state index contributed by atoms with van der Waals surface area (Å²) in [5, 5.41) is 9.97. The van der Waals surface area contributed by atoms with Crippen LogP contribution in [-0.4, -0.2) is 130 Å². The smallest absolute Gasteiger partial charge is 0.431 e. The second kappa shape index (κ2) is 38.2. The van der Waals surface area contributed by atoms with Gasteiger partial charge in [0.05, 0.1) is 50.1 Å². The van der Waals surface area contributed by atoms with Crippen LogP contribution < -0.4 is 35.8 Å². The lowest BCUT2D eigenvalue weighted by atomic mass is 10.0. The summed E-state index contributed by atoms with van der Waals surface area (Å²) < 4.78 is 71.8. The fourth-order valence-corrected chi connectivity index (χ4v) is 7.17. The number of hydrogen-bond acceptors (Lipinski definition) is 13. The lowest BCUT2D eigenvalue weighted by Gasteiger charge is -2.25. The van der Waals surface area contributed by atoms with Crippen LogP contribution in [0.2, 0.25) is 0 Å². The summed E-state index contributed by atoms with van der Waals surface area (Å²) in [5.74, 6) is -1.35. The molecular weight excluding hydrogens is 1160 g/mol. The number of halogens is 6. The van der Waals surface area contributed by atoms with Crippen LogP contribution in [0.5, 0.6) is 11.5 Å². The Hall–Kier alpha value is -5.62. The van der Waals surface area contributed by atoms with Crippen molar-refractivity contribution in [2.75, 3.05) is 75.9 Å². The quantitative estimate of drug-likeness (QED) is 0.0163. The number of carbonyl (C=O) groups is 4. The first-order chi connectivity index (χ1) is 37.4. The second-order valence-electron chi connectivity index (χ2n) is 16.9. The number of benzene rings is 3. The van der Waals surface area contributed by atoms with Gasteiger partial charge in [0, 0.05) is 38.4 Å². The second-order valence-corrected chi connectivity index (χ2v) is 22.3. The van der Waals surface area contributed by atoms with Crippen LogP contribution in [0.15, 0.2) is 102 Å². The molecule has 80 heavy (non-hydrogen) atoms. The van der Waals surface area contributed by atoms with Crippen molar-refractivity contribution in [1.82, 2.24) is 19.4 Å². The average molecular weight is 1230 g/mol. The molecule has 1 aromatic heterocycles. The molecule has 0 aliphatic carbocycles. The van der Waals surface area contributed by atoms with E-state index in [1.54, 1.807) is 24.0 Å². The maximum absolute atomic E-state index is 13.1. The Kier molecular flexibility index (Phi) is 35.5. The number of alkyl halides is 6. The van der Waals surface area contributed by atoms with Crippen LogP contribution in [0.4, 0.5) is 18.9 Å². The van der Waals surface area contributed by atoms with Gasteiger partial charge in [0.1, 0.15) is 44.0 Å². The zero-order valence-corrected chi connectivity index (χ0v) is 50.3. The van der Waals surface area contributed by atoms with Gasteiger partial charge in [-0.3, -0.25) is 34.0 Å². The summed E-state index contributed by atoms with van der Waals surface area (Å²) in [6.45, 7) is 17.8. The molecule has 4 aromatic rings. The molecule has 3 N–H and O–H groups in total. The predicted octanol–water partition coefficient (Wildman–Crippen LogP) is 7.41. The molecule has 2 unspecified atom stereocenters. The van der Waals surface area contributed by atoms with Crippen molar-refractivity contribution in [2.45, 2.75) is 71.2 Å². The molecule has 0 radical (unpaired) electrons. The highest BCUT2D eigenvalue weighted by Gasteiger charge is 2.35. The Balaban J connectivity index is 0.00000117. The molecule has 27 heteroatoms. The van der Waals surface area contributed by atoms with Gasteiger partial charge < -0.3 is 43.3 Å². The van der Waals surface area contributed by atoms with E-state index in [4.69, 9.17) is 63.8 Å². The Morgan fingerprint density at radius 1 is 0.950 bits per heavy atom. The summed E-state index contributed by atoms with van der Waals surface area (Å²) >= 11 is 16.5. The lowest BCUT2D eigenvalue weighted by molar-refractivity contribution is -0.193. The van der Waals surface area contributed by atoms with Gasteiger partial charge in [0.15, 0.2) is 10.9 Å². The zero-order chi connectivity index (χ0) is 61.5. The number of aryl methyl sites for hydroxylation is 3.